The summed E-state index contributed by atoms with van der Waals surface area (Å²) in [6, 6.07) is 4.82. The summed E-state index contributed by atoms with van der Waals surface area (Å²) in [5.74, 6) is 0.655. The average molecular weight is 348 g/mol. The van der Waals surface area contributed by atoms with Gasteiger partial charge < -0.3 is 9.47 Å². The van der Waals surface area contributed by atoms with Gasteiger partial charge in [0.15, 0.2) is 0 Å². The van der Waals surface area contributed by atoms with Crippen LogP contribution in [-0.2, 0) is 23.1 Å². The Balaban J connectivity index is 1.92. The molecule has 1 aromatic heterocycles. The molecular formula is C16H20N4O3S. The number of sulfonamides is 1. The maximum Gasteiger partial charge on any atom is 0.254 e. The Labute approximate surface area is 141 Å². The van der Waals surface area contributed by atoms with Crippen LogP contribution in [0.1, 0.15) is 21.7 Å². The molecule has 24 heavy (non-hydrogen) atoms. The highest BCUT2D eigenvalue weighted by Gasteiger charge is 2.25. The zero-order valence-electron chi connectivity index (χ0n) is 13.9. The van der Waals surface area contributed by atoms with E-state index in [0.717, 1.165) is 10.1 Å². The van der Waals surface area contributed by atoms with Gasteiger partial charge in [-0.3, -0.25) is 4.79 Å². The van der Waals surface area contributed by atoms with E-state index < -0.39 is 10.0 Å². The standard InChI is InChI=1S/C16H20N4O3S/c1-12-4-5-13(10-14(12)24(22,23)18(2)3)16(21)20-9-8-19-7-6-17-15(19)11-20/h4-7,10H,8-9,11H2,1-3H3. The molecule has 8 heteroatoms. The first-order valence-corrected chi connectivity index (χ1v) is 9.07. The fourth-order valence-corrected chi connectivity index (χ4v) is 3.88. The maximum atomic E-state index is 12.8. The summed E-state index contributed by atoms with van der Waals surface area (Å²) in [6.07, 6.45) is 3.61. The number of hydrogen-bond donors (Lipinski definition) is 0. The van der Waals surface area contributed by atoms with E-state index in [-0.39, 0.29) is 10.8 Å². The van der Waals surface area contributed by atoms with Crippen molar-refractivity contribution >= 4 is 15.9 Å². The Kier molecular flexibility index (Phi) is 4.18. The van der Waals surface area contributed by atoms with Crippen molar-refractivity contribution in [2.45, 2.75) is 24.9 Å². The Hall–Kier alpha value is -2.19. The third kappa shape index (κ3) is 2.83. The minimum absolute atomic E-state index is 0.164. The summed E-state index contributed by atoms with van der Waals surface area (Å²) in [6.45, 7) is 3.42. The van der Waals surface area contributed by atoms with E-state index in [1.54, 1.807) is 30.2 Å². The van der Waals surface area contributed by atoms with Crippen molar-refractivity contribution in [3.63, 3.8) is 0 Å². The van der Waals surface area contributed by atoms with E-state index >= 15 is 0 Å². The van der Waals surface area contributed by atoms with Crippen LogP contribution in [0.5, 0.6) is 0 Å². The van der Waals surface area contributed by atoms with Crippen LogP contribution in [0.2, 0.25) is 0 Å². The molecule has 1 aromatic carbocycles. The van der Waals surface area contributed by atoms with Crippen molar-refractivity contribution in [2.24, 2.45) is 0 Å². The molecule has 0 unspecified atom stereocenters. The van der Waals surface area contributed by atoms with Crippen molar-refractivity contribution in [3.05, 3.63) is 47.5 Å². The lowest BCUT2D eigenvalue weighted by atomic mass is 10.1. The monoisotopic (exact) mass is 348 g/mol. The van der Waals surface area contributed by atoms with Gasteiger partial charge in [-0.25, -0.2) is 17.7 Å². The lowest BCUT2D eigenvalue weighted by Gasteiger charge is -2.28. The number of hydrogen-bond acceptors (Lipinski definition) is 4. The number of nitrogens with zero attached hydrogens (tertiary/aromatic N) is 4. The molecule has 0 saturated heterocycles. The molecule has 0 fully saturated rings. The van der Waals surface area contributed by atoms with Gasteiger partial charge in [-0.2, -0.15) is 0 Å². The van der Waals surface area contributed by atoms with E-state index in [1.165, 1.54) is 20.2 Å². The lowest BCUT2D eigenvalue weighted by Crippen LogP contribution is -2.38. The topological polar surface area (TPSA) is 75.5 Å². The molecule has 0 bridgehead atoms. The number of imidazole rings is 1. The molecule has 1 aliphatic heterocycles. The van der Waals surface area contributed by atoms with E-state index in [0.29, 0.717) is 30.8 Å². The van der Waals surface area contributed by atoms with E-state index in [2.05, 4.69) is 4.98 Å². The molecular weight excluding hydrogens is 328 g/mol. The first-order chi connectivity index (χ1) is 11.3. The number of carbonyl (C=O) groups excluding carboxylic acids is 1. The van der Waals surface area contributed by atoms with Crippen molar-refractivity contribution in [3.8, 4) is 0 Å². The maximum absolute atomic E-state index is 12.8. The first-order valence-electron chi connectivity index (χ1n) is 7.63. The van der Waals surface area contributed by atoms with Crippen molar-refractivity contribution < 1.29 is 13.2 Å². The molecule has 0 radical (unpaired) electrons. The predicted octanol–water partition coefficient (Wildman–Crippen LogP) is 1.10. The first kappa shape index (κ1) is 16.7. The van der Waals surface area contributed by atoms with Crippen molar-refractivity contribution in [2.75, 3.05) is 20.6 Å². The number of amides is 1. The summed E-state index contributed by atoms with van der Waals surface area (Å²) in [7, 11) is -0.628. The number of rotatable bonds is 3. The Morgan fingerprint density at radius 1 is 1.25 bits per heavy atom. The van der Waals surface area contributed by atoms with Crippen LogP contribution >= 0.6 is 0 Å². The number of fused-ring (bicyclic) bond motifs is 1. The number of carbonyl (C=O) groups is 1. The van der Waals surface area contributed by atoms with Crippen LogP contribution in [0.25, 0.3) is 0 Å². The molecule has 1 amide bonds. The number of aromatic nitrogens is 2. The number of benzene rings is 1. The van der Waals surface area contributed by atoms with Crippen LogP contribution in [0.4, 0.5) is 0 Å². The van der Waals surface area contributed by atoms with Crippen LogP contribution < -0.4 is 0 Å². The van der Waals surface area contributed by atoms with Gasteiger partial charge in [0.1, 0.15) is 5.82 Å². The molecule has 7 nitrogen and oxygen atoms in total. The lowest BCUT2D eigenvalue weighted by molar-refractivity contribution is 0.0707. The zero-order chi connectivity index (χ0) is 17.5. The minimum Gasteiger partial charge on any atom is -0.332 e. The van der Waals surface area contributed by atoms with Gasteiger partial charge in [0.25, 0.3) is 5.91 Å². The zero-order valence-corrected chi connectivity index (χ0v) is 14.7. The molecule has 2 aromatic rings. The van der Waals surface area contributed by atoms with Gasteiger partial charge in [-0.15, -0.1) is 0 Å². The summed E-state index contributed by atoms with van der Waals surface area (Å²) >= 11 is 0. The fourth-order valence-electron chi connectivity index (χ4n) is 2.74. The van der Waals surface area contributed by atoms with Gasteiger partial charge in [0.05, 0.1) is 11.4 Å². The molecule has 0 aliphatic carbocycles. The summed E-state index contributed by atoms with van der Waals surface area (Å²) in [5.41, 5.74) is 0.996. The smallest absolute Gasteiger partial charge is 0.254 e. The third-order valence-corrected chi connectivity index (χ3v) is 6.18. The highest BCUT2D eigenvalue weighted by atomic mass is 32.2. The normalized spacial score (nSPS) is 14.8. The van der Waals surface area contributed by atoms with E-state index in [1.807, 2.05) is 10.8 Å². The Morgan fingerprint density at radius 2 is 2.00 bits per heavy atom. The molecule has 128 valence electrons. The average Bonchev–Trinajstić information content (AvgIpc) is 3.01. The molecule has 1 aliphatic rings. The van der Waals surface area contributed by atoms with Gasteiger partial charge in [0.2, 0.25) is 10.0 Å². The van der Waals surface area contributed by atoms with Crippen LogP contribution in [0.3, 0.4) is 0 Å². The van der Waals surface area contributed by atoms with Crippen LogP contribution in [-0.4, -0.2) is 53.7 Å². The predicted molar refractivity (Wildman–Crippen MR) is 89.0 cm³/mol. The molecule has 0 spiro atoms. The van der Waals surface area contributed by atoms with Gasteiger partial charge in [-0.05, 0) is 24.6 Å². The van der Waals surface area contributed by atoms with Gasteiger partial charge in [-0.1, -0.05) is 6.07 Å². The Bertz CT molecular complexity index is 886. The van der Waals surface area contributed by atoms with Crippen molar-refractivity contribution in [1.82, 2.24) is 18.8 Å². The molecule has 0 saturated carbocycles. The second kappa shape index (κ2) is 6.03. The Morgan fingerprint density at radius 3 is 2.71 bits per heavy atom. The number of aryl methyl sites for hydroxylation is 1. The molecule has 0 N–H and O–H groups in total. The molecule has 2 heterocycles. The minimum atomic E-state index is -3.59. The second-order valence-corrected chi connectivity index (χ2v) is 8.15. The quantitative estimate of drug-likeness (QED) is 0.832. The summed E-state index contributed by atoms with van der Waals surface area (Å²) in [4.78, 5) is 18.9. The highest BCUT2D eigenvalue weighted by molar-refractivity contribution is 7.89. The third-order valence-electron chi connectivity index (χ3n) is 4.23. The van der Waals surface area contributed by atoms with E-state index in [9.17, 15) is 13.2 Å². The SMILES string of the molecule is Cc1ccc(C(=O)N2CCn3ccnc3C2)cc1S(=O)(=O)N(C)C. The van der Waals surface area contributed by atoms with Crippen LogP contribution in [0.15, 0.2) is 35.5 Å². The second-order valence-electron chi connectivity index (χ2n) is 6.03. The fraction of sp³-hybridized carbons (Fsp3) is 0.375. The van der Waals surface area contributed by atoms with Crippen LogP contribution in [0, 0.1) is 6.92 Å². The van der Waals surface area contributed by atoms with Gasteiger partial charge >= 0.3 is 0 Å². The highest BCUT2D eigenvalue weighted by Crippen LogP contribution is 2.22. The van der Waals surface area contributed by atoms with Crippen molar-refractivity contribution in [1.29, 1.82) is 0 Å². The molecule has 3 rings (SSSR count). The summed E-state index contributed by atoms with van der Waals surface area (Å²) < 4.78 is 28.0. The summed E-state index contributed by atoms with van der Waals surface area (Å²) in [5, 5.41) is 0. The largest absolute Gasteiger partial charge is 0.332 e. The van der Waals surface area contributed by atoms with E-state index in [4.69, 9.17) is 0 Å². The van der Waals surface area contributed by atoms with Gasteiger partial charge in [0, 0.05) is 45.1 Å². The molecule has 0 atom stereocenters.